The molecule has 0 N–H and O–H groups in total. The Morgan fingerprint density at radius 2 is 1.62 bits per heavy atom. The van der Waals surface area contributed by atoms with Crippen molar-refractivity contribution >= 4 is 17.5 Å². The van der Waals surface area contributed by atoms with E-state index in [1.165, 1.54) is 10.5 Å². The Morgan fingerprint density at radius 3 is 2.42 bits per heavy atom. The molecule has 24 heavy (non-hydrogen) atoms. The molecular formula is C21H26O2S. The van der Waals surface area contributed by atoms with Crippen LogP contribution < -0.4 is 4.74 Å². The number of benzene rings is 2. The van der Waals surface area contributed by atoms with Crippen molar-refractivity contribution in [3.63, 3.8) is 0 Å². The lowest BCUT2D eigenvalue weighted by molar-refractivity contribution is -0.119. The summed E-state index contributed by atoms with van der Waals surface area (Å²) in [6.07, 6.45) is 5.27. The number of aryl methyl sites for hydroxylation is 1. The molecule has 0 amide bonds. The average Bonchev–Trinajstić information content (AvgIpc) is 2.63. The van der Waals surface area contributed by atoms with Crippen molar-refractivity contribution in [3.8, 4) is 5.75 Å². The third-order valence-electron chi connectivity index (χ3n) is 3.96. The Labute approximate surface area is 149 Å². The van der Waals surface area contributed by atoms with E-state index in [0.29, 0.717) is 18.6 Å². The zero-order valence-corrected chi connectivity index (χ0v) is 15.2. The summed E-state index contributed by atoms with van der Waals surface area (Å²) >= 11 is 1.87. The molecule has 0 radical (unpaired) electrons. The number of unbranched alkanes of at least 4 members (excludes halogenated alkanes) is 1. The zero-order valence-electron chi connectivity index (χ0n) is 14.4. The van der Waals surface area contributed by atoms with Gasteiger partial charge in [-0.05, 0) is 55.2 Å². The van der Waals surface area contributed by atoms with E-state index in [1.54, 1.807) is 7.11 Å². The molecule has 0 aliphatic carbocycles. The minimum absolute atomic E-state index is 0.384. The first-order valence-corrected chi connectivity index (χ1v) is 9.59. The Balaban J connectivity index is 1.55. The molecule has 2 rings (SSSR count). The molecule has 128 valence electrons. The van der Waals surface area contributed by atoms with Gasteiger partial charge in [0, 0.05) is 17.7 Å². The maximum absolute atomic E-state index is 12.0. The SMILES string of the molecule is COc1ccccc1CCCC(=O)CCCCSc1ccccc1. The molecule has 0 spiro atoms. The molecule has 0 saturated heterocycles. The van der Waals surface area contributed by atoms with Gasteiger partial charge in [-0.2, -0.15) is 0 Å². The van der Waals surface area contributed by atoms with Gasteiger partial charge in [0.1, 0.15) is 11.5 Å². The molecule has 0 unspecified atom stereocenters. The number of rotatable bonds is 11. The van der Waals surface area contributed by atoms with Crippen molar-refractivity contribution < 1.29 is 9.53 Å². The number of para-hydroxylation sites is 1. The van der Waals surface area contributed by atoms with Crippen LogP contribution in [-0.2, 0) is 11.2 Å². The number of methoxy groups -OCH3 is 1. The Bertz CT molecular complexity index is 610. The Hall–Kier alpha value is -1.74. The summed E-state index contributed by atoms with van der Waals surface area (Å²) in [7, 11) is 1.69. The summed E-state index contributed by atoms with van der Waals surface area (Å²) in [4.78, 5) is 13.3. The maximum atomic E-state index is 12.0. The molecule has 2 nitrogen and oxygen atoms in total. The first-order chi connectivity index (χ1) is 11.8. The molecule has 3 heteroatoms. The van der Waals surface area contributed by atoms with Crippen LogP contribution in [0.1, 0.15) is 37.7 Å². The molecule has 2 aromatic rings. The highest BCUT2D eigenvalue weighted by Gasteiger charge is 2.05. The molecule has 0 heterocycles. The van der Waals surface area contributed by atoms with Gasteiger partial charge in [-0.25, -0.2) is 0 Å². The van der Waals surface area contributed by atoms with Crippen LogP contribution >= 0.6 is 11.8 Å². The van der Waals surface area contributed by atoms with E-state index in [4.69, 9.17) is 4.74 Å². The summed E-state index contributed by atoms with van der Waals surface area (Å²) in [6.45, 7) is 0. The third-order valence-corrected chi connectivity index (χ3v) is 5.05. The maximum Gasteiger partial charge on any atom is 0.132 e. The highest BCUT2D eigenvalue weighted by Crippen LogP contribution is 2.20. The molecule has 0 aromatic heterocycles. The minimum atomic E-state index is 0.384. The van der Waals surface area contributed by atoms with E-state index in [1.807, 2.05) is 36.0 Å². The summed E-state index contributed by atoms with van der Waals surface area (Å²) in [5.41, 5.74) is 1.19. The summed E-state index contributed by atoms with van der Waals surface area (Å²) in [5.74, 6) is 2.39. The summed E-state index contributed by atoms with van der Waals surface area (Å²) in [5, 5.41) is 0. The second-order valence-corrected chi connectivity index (χ2v) is 6.99. The summed E-state index contributed by atoms with van der Waals surface area (Å²) < 4.78 is 5.34. The Kier molecular flexibility index (Phi) is 8.47. The van der Waals surface area contributed by atoms with Crippen LogP contribution in [0.15, 0.2) is 59.5 Å². The lowest BCUT2D eigenvalue weighted by Gasteiger charge is -2.07. The highest BCUT2D eigenvalue weighted by molar-refractivity contribution is 7.99. The predicted molar refractivity (Wildman–Crippen MR) is 102 cm³/mol. The molecule has 2 aromatic carbocycles. The van der Waals surface area contributed by atoms with Gasteiger partial charge in [0.25, 0.3) is 0 Å². The van der Waals surface area contributed by atoms with E-state index < -0.39 is 0 Å². The quantitative estimate of drug-likeness (QED) is 0.395. The number of hydrogen-bond donors (Lipinski definition) is 0. The standard InChI is InChI=1S/C21H26O2S/c1-23-21-16-6-5-10-18(21)11-9-13-19(22)12-7-8-17-24-20-14-3-2-4-15-20/h2-6,10,14-16H,7-9,11-13,17H2,1H3. The van der Waals surface area contributed by atoms with Crippen LogP contribution in [0.5, 0.6) is 5.75 Å². The largest absolute Gasteiger partial charge is 0.496 e. The smallest absolute Gasteiger partial charge is 0.132 e. The van der Waals surface area contributed by atoms with Crippen LogP contribution in [0.2, 0.25) is 0 Å². The second kappa shape index (κ2) is 10.9. The lowest BCUT2D eigenvalue weighted by Crippen LogP contribution is -2.00. The van der Waals surface area contributed by atoms with E-state index in [2.05, 4.69) is 30.3 Å². The molecular weight excluding hydrogens is 316 g/mol. The summed E-state index contributed by atoms with van der Waals surface area (Å²) in [6, 6.07) is 18.5. The molecule has 0 bridgehead atoms. The first kappa shape index (κ1) is 18.6. The molecule has 0 atom stereocenters. The molecule has 0 fully saturated rings. The van der Waals surface area contributed by atoms with Crippen LogP contribution in [0.3, 0.4) is 0 Å². The molecule has 0 aliphatic rings. The normalized spacial score (nSPS) is 10.5. The molecule has 0 aliphatic heterocycles. The van der Waals surface area contributed by atoms with Crippen molar-refractivity contribution in [1.29, 1.82) is 0 Å². The third kappa shape index (κ3) is 6.79. The average molecular weight is 343 g/mol. The van der Waals surface area contributed by atoms with Gasteiger partial charge < -0.3 is 4.74 Å². The van der Waals surface area contributed by atoms with Gasteiger partial charge in [0.2, 0.25) is 0 Å². The van der Waals surface area contributed by atoms with Gasteiger partial charge >= 0.3 is 0 Å². The minimum Gasteiger partial charge on any atom is -0.496 e. The van der Waals surface area contributed by atoms with Crippen LogP contribution in [0, 0.1) is 0 Å². The van der Waals surface area contributed by atoms with E-state index in [-0.39, 0.29) is 0 Å². The van der Waals surface area contributed by atoms with Crippen LogP contribution in [-0.4, -0.2) is 18.6 Å². The highest BCUT2D eigenvalue weighted by atomic mass is 32.2. The second-order valence-electron chi connectivity index (χ2n) is 5.82. The van der Waals surface area contributed by atoms with Gasteiger partial charge in [0.15, 0.2) is 0 Å². The fourth-order valence-corrected chi connectivity index (χ4v) is 3.58. The number of carbonyl (C=O) groups is 1. The van der Waals surface area contributed by atoms with Crippen molar-refractivity contribution in [2.45, 2.75) is 43.4 Å². The van der Waals surface area contributed by atoms with Gasteiger partial charge in [0.05, 0.1) is 7.11 Å². The monoisotopic (exact) mass is 342 g/mol. The topological polar surface area (TPSA) is 26.3 Å². The predicted octanol–water partition coefficient (Wildman–Crippen LogP) is 5.55. The fourth-order valence-electron chi connectivity index (χ4n) is 2.64. The van der Waals surface area contributed by atoms with Gasteiger partial charge in [-0.3, -0.25) is 4.79 Å². The van der Waals surface area contributed by atoms with Crippen molar-refractivity contribution in [2.75, 3.05) is 12.9 Å². The van der Waals surface area contributed by atoms with Gasteiger partial charge in [-0.15, -0.1) is 11.8 Å². The molecule has 0 saturated carbocycles. The number of Topliss-reactive ketones (excluding diaryl/α,β-unsaturated/α-hetero) is 1. The zero-order chi connectivity index (χ0) is 17.0. The Morgan fingerprint density at radius 1 is 0.917 bits per heavy atom. The van der Waals surface area contributed by atoms with Gasteiger partial charge in [-0.1, -0.05) is 36.4 Å². The van der Waals surface area contributed by atoms with Crippen molar-refractivity contribution in [1.82, 2.24) is 0 Å². The van der Waals surface area contributed by atoms with Crippen LogP contribution in [0.4, 0.5) is 0 Å². The number of thioether (sulfide) groups is 1. The first-order valence-electron chi connectivity index (χ1n) is 8.61. The lowest BCUT2D eigenvalue weighted by atomic mass is 10.0. The van der Waals surface area contributed by atoms with Crippen LogP contribution in [0.25, 0.3) is 0 Å². The fraction of sp³-hybridized carbons (Fsp3) is 0.381. The van der Waals surface area contributed by atoms with Crippen molar-refractivity contribution in [2.24, 2.45) is 0 Å². The van der Waals surface area contributed by atoms with E-state index >= 15 is 0 Å². The number of ketones is 1. The van der Waals surface area contributed by atoms with E-state index in [0.717, 1.165) is 37.2 Å². The number of ether oxygens (including phenoxy) is 1. The van der Waals surface area contributed by atoms with E-state index in [9.17, 15) is 4.79 Å². The number of hydrogen-bond acceptors (Lipinski definition) is 3. The number of carbonyl (C=O) groups excluding carboxylic acids is 1. The van der Waals surface area contributed by atoms with Crippen molar-refractivity contribution in [3.05, 3.63) is 60.2 Å².